The molecule has 0 unspecified atom stereocenters. The Bertz CT molecular complexity index is 292. The Balaban J connectivity index is 3.13. The maximum Gasteiger partial charge on any atom is 0.305 e. The third-order valence-corrected chi connectivity index (χ3v) is 5.00. The van der Waals surface area contributed by atoms with E-state index in [4.69, 9.17) is 4.74 Å². The molecule has 0 bridgehead atoms. The summed E-state index contributed by atoms with van der Waals surface area (Å²) < 4.78 is 5.28. The average Bonchev–Trinajstić information content (AvgIpc) is 2.61. The lowest BCUT2D eigenvalue weighted by molar-refractivity contribution is -0.143. The second-order valence-corrected chi connectivity index (χ2v) is 8.08. The van der Waals surface area contributed by atoms with E-state index in [-0.39, 0.29) is 5.97 Å². The largest absolute Gasteiger partial charge is 0.466 e. The van der Waals surface area contributed by atoms with Gasteiger partial charge in [-0.3, -0.25) is 4.79 Å². The number of hydrogen-bond acceptors (Lipinski definition) is 3. The molecule has 0 atom stereocenters. The van der Waals surface area contributed by atoms with Crippen LogP contribution in [0.2, 0.25) is 0 Å². The molecule has 0 aliphatic heterocycles. The van der Waals surface area contributed by atoms with Crippen molar-refractivity contribution in [2.24, 2.45) is 0 Å². The fourth-order valence-corrected chi connectivity index (χ4v) is 3.25. The molecule has 0 aliphatic rings. The lowest BCUT2D eigenvalue weighted by Gasteiger charge is -2.09. The van der Waals surface area contributed by atoms with Crippen LogP contribution in [0.15, 0.2) is 0 Å². The molecule has 0 spiro atoms. The zero-order chi connectivity index (χ0) is 19.3. The molecule has 0 amide bonds. The molecule has 0 aromatic heterocycles. The van der Waals surface area contributed by atoms with Crippen molar-refractivity contribution in [1.82, 2.24) is 4.90 Å². The maximum absolute atomic E-state index is 11.6. The van der Waals surface area contributed by atoms with Crippen LogP contribution in [-0.4, -0.2) is 38.1 Å². The summed E-state index contributed by atoms with van der Waals surface area (Å²) in [6, 6.07) is 0. The fourth-order valence-electron chi connectivity index (χ4n) is 3.25. The highest BCUT2D eigenvalue weighted by molar-refractivity contribution is 5.69. The molecule has 0 aromatic carbocycles. The van der Waals surface area contributed by atoms with Crippen molar-refractivity contribution in [3.05, 3.63) is 0 Å². The fraction of sp³-hybridized carbons (Fsp3) is 0.957. The zero-order valence-electron chi connectivity index (χ0n) is 18.2. The van der Waals surface area contributed by atoms with E-state index in [9.17, 15) is 4.79 Å². The van der Waals surface area contributed by atoms with Crippen molar-refractivity contribution in [2.75, 3.05) is 27.2 Å². The van der Waals surface area contributed by atoms with E-state index < -0.39 is 0 Å². The van der Waals surface area contributed by atoms with Crippen LogP contribution in [0.3, 0.4) is 0 Å². The van der Waals surface area contributed by atoms with Crippen molar-refractivity contribution >= 4 is 5.97 Å². The second kappa shape index (κ2) is 20.7. The molecule has 0 N–H and O–H groups in total. The summed E-state index contributed by atoms with van der Waals surface area (Å²) in [5.41, 5.74) is 0. The van der Waals surface area contributed by atoms with Gasteiger partial charge >= 0.3 is 5.97 Å². The molecular formula is C23H47NO2. The number of carbonyl (C=O) groups excluding carboxylic acids is 1. The van der Waals surface area contributed by atoms with Gasteiger partial charge < -0.3 is 9.64 Å². The van der Waals surface area contributed by atoms with E-state index in [1.165, 1.54) is 83.5 Å². The minimum atomic E-state index is -0.00575. The van der Waals surface area contributed by atoms with Gasteiger partial charge in [0.2, 0.25) is 0 Å². The maximum atomic E-state index is 11.6. The van der Waals surface area contributed by atoms with Gasteiger partial charge in [0.15, 0.2) is 0 Å². The molecule has 3 heteroatoms. The van der Waals surface area contributed by atoms with Crippen LogP contribution in [0.1, 0.15) is 116 Å². The third kappa shape index (κ3) is 21.5. The van der Waals surface area contributed by atoms with Gasteiger partial charge in [0, 0.05) is 6.42 Å². The molecule has 156 valence electrons. The molecule has 26 heavy (non-hydrogen) atoms. The Morgan fingerprint density at radius 2 is 1.12 bits per heavy atom. The molecule has 0 aliphatic carbocycles. The molecule has 0 rings (SSSR count). The molecular weight excluding hydrogens is 322 g/mol. The normalized spacial score (nSPS) is 11.2. The number of hydrogen-bond donors (Lipinski definition) is 0. The van der Waals surface area contributed by atoms with Gasteiger partial charge in [-0.2, -0.15) is 0 Å². The topological polar surface area (TPSA) is 29.5 Å². The van der Waals surface area contributed by atoms with Crippen LogP contribution in [0.5, 0.6) is 0 Å². The Morgan fingerprint density at radius 1 is 0.654 bits per heavy atom. The van der Waals surface area contributed by atoms with Gasteiger partial charge in [0.25, 0.3) is 0 Å². The van der Waals surface area contributed by atoms with E-state index in [2.05, 4.69) is 25.9 Å². The first-order chi connectivity index (χ1) is 12.7. The van der Waals surface area contributed by atoms with Crippen LogP contribution in [0, 0.1) is 0 Å². The summed E-state index contributed by atoms with van der Waals surface area (Å²) in [7, 11) is 4.14. The Labute approximate surface area is 164 Å². The van der Waals surface area contributed by atoms with Crippen molar-refractivity contribution in [3.63, 3.8) is 0 Å². The molecule has 0 heterocycles. The highest BCUT2D eigenvalue weighted by Crippen LogP contribution is 2.13. The zero-order valence-corrected chi connectivity index (χ0v) is 18.2. The van der Waals surface area contributed by atoms with Crippen molar-refractivity contribution < 1.29 is 9.53 Å². The van der Waals surface area contributed by atoms with Gasteiger partial charge in [-0.25, -0.2) is 0 Å². The van der Waals surface area contributed by atoms with Crippen molar-refractivity contribution in [2.45, 2.75) is 116 Å². The first-order valence-corrected chi connectivity index (χ1v) is 11.5. The van der Waals surface area contributed by atoms with Crippen LogP contribution < -0.4 is 0 Å². The molecule has 0 fully saturated rings. The summed E-state index contributed by atoms with van der Waals surface area (Å²) >= 11 is 0. The van der Waals surface area contributed by atoms with E-state index in [1.807, 2.05) is 0 Å². The molecule has 0 radical (unpaired) electrons. The van der Waals surface area contributed by atoms with Gasteiger partial charge in [0.1, 0.15) is 0 Å². The second-order valence-electron chi connectivity index (χ2n) is 8.08. The van der Waals surface area contributed by atoms with Gasteiger partial charge in [-0.15, -0.1) is 0 Å². The first-order valence-electron chi connectivity index (χ1n) is 11.5. The van der Waals surface area contributed by atoms with Crippen LogP contribution >= 0.6 is 0 Å². The summed E-state index contributed by atoms with van der Waals surface area (Å²) in [6.07, 6.45) is 21.5. The molecule has 0 saturated carbocycles. The monoisotopic (exact) mass is 369 g/mol. The van der Waals surface area contributed by atoms with E-state index in [0.29, 0.717) is 13.0 Å². The molecule has 0 aromatic rings. The number of ether oxygens (including phenoxy) is 1. The summed E-state index contributed by atoms with van der Waals surface area (Å²) in [6.45, 7) is 3.93. The van der Waals surface area contributed by atoms with Crippen molar-refractivity contribution in [3.8, 4) is 0 Å². The molecule has 0 saturated heterocycles. The number of rotatable bonds is 20. The smallest absolute Gasteiger partial charge is 0.305 e. The minimum Gasteiger partial charge on any atom is -0.466 e. The Hall–Kier alpha value is -0.570. The quantitative estimate of drug-likeness (QED) is 0.176. The standard InChI is InChI=1S/C23H47NO2/c1-4-5-6-7-8-9-10-11-12-13-14-15-16-17-20-23(25)26-22-19-18-21-24(2)3/h4-22H2,1-3H3. The summed E-state index contributed by atoms with van der Waals surface area (Å²) in [5.74, 6) is -0.00575. The SMILES string of the molecule is CCCCCCCCCCCCCCCCC(=O)OCCCCN(C)C. The van der Waals surface area contributed by atoms with Gasteiger partial charge in [0.05, 0.1) is 6.61 Å². The predicted octanol–water partition coefficient (Wildman–Crippen LogP) is 6.74. The lowest BCUT2D eigenvalue weighted by atomic mass is 10.0. The highest BCUT2D eigenvalue weighted by atomic mass is 16.5. The lowest BCUT2D eigenvalue weighted by Crippen LogP contribution is -2.14. The highest BCUT2D eigenvalue weighted by Gasteiger charge is 2.02. The van der Waals surface area contributed by atoms with Crippen LogP contribution in [0.4, 0.5) is 0 Å². The summed E-state index contributed by atoms with van der Waals surface area (Å²) in [4.78, 5) is 13.8. The Kier molecular flexibility index (Phi) is 20.3. The van der Waals surface area contributed by atoms with Gasteiger partial charge in [-0.1, -0.05) is 90.4 Å². The van der Waals surface area contributed by atoms with Crippen LogP contribution in [-0.2, 0) is 9.53 Å². The van der Waals surface area contributed by atoms with E-state index in [0.717, 1.165) is 25.8 Å². The number of carbonyl (C=O) groups is 1. The van der Waals surface area contributed by atoms with Gasteiger partial charge in [-0.05, 0) is 39.9 Å². The number of unbranched alkanes of at least 4 members (excludes halogenated alkanes) is 14. The summed E-state index contributed by atoms with van der Waals surface area (Å²) in [5, 5.41) is 0. The molecule has 3 nitrogen and oxygen atoms in total. The Morgan fingerprint density at radius 3 is 1.58 bits per heavy atom. The predicted molar refractivity (Wildman–Crippen MR) is 114 cm³/mol. The number of esters is 1. The average molecular weight is 370 g/mol. The van der Waals surface area contributed by atoms with Crippen molar-refractivity contribution in [1.29, 1.82) is 0 Å². The first kappa shape index (κ1) is 25.4. The number of nitrogens with zero attached hydrogens (tertiary/aromatic N) is 1. The van der Waals surface area contributed by atoms with Crippen LogP contribution in [0.25, 0.3) is 0 Å². The van der Waals surface area contributed by atoms with E-state index >= 15 is 0 Å². The van der Waals surface area contributed by atoms with E-state index in [1.54, 1.807) is 0 Å². The minimum absolute atomic E-state index is 0.00575. The third-order valence-electron chi connectivity index (χ3n) is 5.00.